The Bertz CT molecular complexity index is 1630. The highest BCUT2D eigenvalue weighted by molar-refractivity contribution is 6.32. The summed E-state index contributed by atoms with van der Waals surface area (Å²) in [7, 11) is 0. The van der Waals surface area contributed by atoms with Crippen LogP contribution >= 0.6 is 11.6 Å². The van der Waals surface area contributed by atoms with E-state index in [-0.39, 0.29) is 11.9 Å². The van der Waals surface area contributed by atoms with Gasteiger partial charge >= 0.3 is 0 Å². The van der Waals surface area contributed by atoms with Gasteiger partial charge in [-0.2, -0.15) is 10.2 Å². The van der Waals surface area contributed by atoms with Crippen molar-refractivity contribution in [3.63, 3.8) is 0 Å². The van der Waals surface area contributed by atoms with E-state index in [0.717, 1.165) is 29.9 Å². The maximum atomic E-state index is 11.6. The first-order valence-electron chi connectivity index (χ1n) is 11.6. The van der Waals surface area contributed by atoms with E-state index < -0.39 is 0 Å². The van der Waals surface area contributed by atoms with Crippen LogP contribution < -0.4 is 20.3 Å². The van der Waals surface area contributed by atoms with Gasteiger partial charge in [-0.25, -0.2) is 19.0 Å². The lowest BCUT2D eigenvalue weighted by Crippen LogP contribution is -2.35. The number of nitrogens with one attached hydrogen (secondary N) is 2. The Morgan fingerprint density at radius 2 is 2.00 bits per heavy atom. The average Bonchev–Trinajstić information content (AvgIpc) is 3.65. The van der Waals surface area contributed by atoms with Gasteiger partial charge in [0, 0.05) is 37.1 Å². The highest BCUT2D eigenvalue weighted by Gasteiger charge is 2.25. The van der Waals surface area contributed by atoms with Crippen LogP contribution in [0.3, 0.4) is 0 Å². The number of hydrogen-bond donors (Lipinski definition) is 2. The summed E-state index contributed by atoms with van der Waals surface area (Å²) in [6, 6.07) is 11.1. The molecule has 1 unspecified atom stereocenters. The Hall–Kier alpha value is -4.64. The van der Waals surface area contributed by atoms with Gasteiger partial charge in [0.05, 0.1) is 16.9 Å². The molecule has 186 valence electrons. The van der Waals surface area contributed by atoms with E-state index in [4.69, 9.17) is 16.3 Å². The lowest BCUT2D eigenvalue weighted by molar-refractivity contribution is -0.117. The molecule has 1 aliphatic heterocycles. The number of carbonyl (C=O) groups excluding carboxylic acids is 1. The predicted molar refractivity (Wildman–Crippen MR) is 140 cm³/mol. The zero-order valence-electron chi connectivity index (χ0n) is 19.6. The molecule has 5 heterocycles. The summed E-state index contributed by atoms with van der Waals surface area (Å²) in [6.45, 7) is 5.06. The number of halogens is 1. The maximum Gasteiger partial charge on any atom is 0.243 e. The Labute approximate surface area is 216 Å². The summed E-state index contributed by atoms with van der Waals surface area (Å²) < 4.78 is 9.38. The van der Waals surface area contributed by atoms with Gasteiger partial charge in [0.15, 0.2) is 11.5 Å². The molecule has 1 atom stereocenters. The van der Waals surface area contributed by atoms with Gasteiger partial charge in [0.25, 0.3) is 0 Å². The van der Waals surface area contributed by atoms with Crippen molar-refractivity contribution in [2.75, 3.05) is 23.3 Å². The first kappa shape index (κ1) is 22.8. The SMILES string of the molecule is C=CC(=O)NC1CCN(c2cc3c(Nc4ccc(Oc5ccn6ncnc6c5)c(Cl)c4)ncnn3c2)C1. The molecule has 11 nitrogen and oxygen atoms in total. The Kier molecular flexibility index (Phi) is 5.81. The quantitative estimate of drug-likeness (QED) is 0.314. The van der Waals surface area contributed by atoms with Crippen LogP contribution in [0, 0.1) is 0 Å². The summed E-state index contributed by atoms with van der Waals surface area (Å²) in [5.74, 6) is 1.60. The smallest absolute Gasteiger partial charge is 0.243 e. The number of ether oxygens (including phenoxy) is 1. The topological polar surface area (TPSA) is 114 Å². The Balaban J connectivity index is 1.19. The normalized spacial score (nSPS) is 15.3. The minimum Gasteiger partial charge on any atom is -0.456 e. The minimum absolute atomic E-state index is 0.0818. The molecule has 37 heavy (non-hydrogen) atoms. The number of rotatable bonds is 7. The molecule has 6 rings (SSSR count). The molecule has 1 amide bonds. The predicted octanol–water partition coefficient (Wildman–Crippen LogP) is 3.84. The monoisotopic (exact) mass is 515 g/mol. The van der Waals surface area contributed by atoms with Gasteiger partial charge < -0.3 is 20.3 Å². The van der Waals surface area contributed by atoms with Crippen molar-refractivity contribution in [3.8, 4) is 11.5 Å². The molecule has 12 heteroatoms. The van der Waals surface area contributed by atoms with Gasteiger partial charge in [-0.05, 0) is 42.8 Å². The van der Waals surface area contributed by atoms with Crippen LogP contribution in [0.2, 0.25) is 5.02 Å². The van der Waals surface area contributed by atoms with Crippen LogP contribution in [0.25, 0.3) is 11.2 Å². The molecule has 0 saturated carbocycles. The third-order valence-electron chi connectivity index (χ3n) is 6.15. The van der Waals surface area contributed by atoms with E-state index in [9.17, 15) is 4.79 Å². The zero-order chi connectivity index (χ0) is 25.4. The van der Waals surface area contributed by atoms with E-state index in [0.29, 0.717) is 34.5 Å². The standard InChI is InChI=1S/C25H22ClN9O2/c1-2-24(36)31-17-5-7-33(12-17)18-10-21-25(28-15-30-35(21)13-18)32-16-3-4-22(20(26)9-16)37-19-6-8-34-23(11-19)27-14-29-34/h2-4,6,8-11,13-15,17H,1,5,7,12H2,(H,31,36)(H,28,30,32). The summed E-state index contributed by atoms with van der Waals surface area (Å²) in [6.07, 6.45) is 8.86. The van der Waals surface area contributed by atoms with E-state index in [1.165, 1.54) is 18.7 Å². The molecule has 1 aliphatic rings. The number of carbonyl (C=O) groups is 1. The summed E-state index contributed by atoms with van der Waals surface area (Å²) >= 11 is 6.53. The highest BCUT2D eigenvalue weighted by Crippen LogP contribution is 2.34. The summed E-state index contributed by atoms with van der Waals surface area (Å²) in [5, 5.41) is 15.2. The molecule has 1 aromatic carbocycles. The van der Waals surface area contributed by atoms with Crippen molar-refractivity contribution in [2.45, 2.75) is 12.5 Å². The lowest BCUT2D eigenvalue weighted by Gasteiger charge is -2.16. The van der Waals surface area contributed by atoms with E-state index in [1.807, 2.05) is 18.3 Å². The first-order chi connectivity index (χ1) is 18.1. The van der Waals surface area contributed by atoms with Crippen molar-refractivity contribution in [2.24, 2.45) is 0 Å². The third kappa shape index (κ3) is 4.64. The number of hydrogen-bond acceptors (Lipinski definition) is 8. The van der Waals surface area contributed by atoms with Crippen LogP contribution in [0.5, 0.6) is 11.5 Å². The molecule has 0 spiro atoms. The summed E-state index contributed by atoms with van der Waals surface area (Å²) in [4.78, 5) is 22.5. The largest absolute Gasteiger partial charge is 0.456 e. The van der Waals surface area contributed by atoms with Crippen molar-refractivity contribution in [1.82, 2.24) is 34.5 Å². The number of pyridine rings is 1. The van der Waals surface area contributed by atoms with E-state index in [1.54, 1.807) is 39.5 Å². The van der Waals surface area contributed by atoms with Gasteiger partial charge in [0.2, 0.25) is 5.91 Å². The number of aromatic nitrogens is 6. The van der Waals surface area contributed by atoms with Gasteiger partial charge in [-0.3, -0.25) is 4.79 Å². The van der Waals surface area contributed by atoms with E-state index >= 15 is 0 Å². The van der Waals surface area contributed by atoms with Crippen LogP contribution in [-0.4, -0.2) is 54.2 Å². The van der Waals surface area contributed by atoms with Gasteiger partial charge in [-0.1, -0.05) is 18.2 Å². The minimum atomic E-state index is -0.155. The average molecular weight is 516 g/mol. The lowest BCUT2D eigenvalue weighted by atomic mass is 10.2. The Morgan fingerprint density at radius 3 is 2.86 bits per heavy atom. The zero-order valence-corrected chi connectivity index (χ0v) is 20.3. The fraction of sp³-hybridized carbons (Fsp3) is 0.160. The van der Waals surface area contributed by atoms with Crippen molar-refractivity contribution >= 4 is 45.9 Å². The number of benzene rings is 1. The summed E-state index contributed by atoms with van der Waals surface area (Å²) in [5.41, 5.74) is 3.25. The number of nitrogens with zero attached hydrogens (tertiary/aromatic N) is 7. The van der Waals surface area contributed by atoms with Crippen molar-refractivity contribution in [3.05, 3.63) is 79.1 Å². The fourth-order valence-electron chi connectivity index (χ4n) is 4.34. The van der Waals surface area contributed by atoms with Gasteiger partial charge in [-0.15, -0.1) is 0 Å². The number of fused-ring (bicyclic) bond motifs is 2. The third-order valence-corrected chi connectivity index (χ3v) is 6.45. The fourth-order valence-corrected chi connectivity index (χ4v) is 4.56. The van der Waals surface area contributed by atoms with Crippen LogP contribution in [-0.2, 0) is 4.79 Å². The first-order valence-corrected chi connectivity index (χ1v) is 12.0. The maximum absolute atomic E-state index is 11.6. The molecule has 0 bridgehead atoms. The van der Waals surface area contributed by atoms with Gasteiger partial charge in [0.1, 0.15) is 29.7 Å². The second kappa shape index (κ2) is 9.43. The molecule has 2 N–H and O–H groups in total. The van der Waals surface area contributed by atoms with E-state index in [2.05, 4.69) is 42.3 Å². The van der Waals surface area contributed by atoms with Crippen LogP contribution in [0.15, 0.2) is 74.1 Å². The van der Waals surface area contributed by atoms with Crippen LogP contribution in [0.1, 0.15) is 6.42 Å². The van der Waals surface area contributed by atoms with Crippen molar-refractivity contribution < 1.29 is 9.53 Å². The number of anilines is 3. The molecule has 0 aliphatic carbocycles. The second-order valence-corrected chi connectivity index (χ2v) is 8.99. The molecule has 0 radical (unpaired) electrons. The molecular formula is C25H22ClN9O2. The highest BCUT2D eigenvalue weighted by atomic mass is 35.5. The molecule has 1 fully saturated rings. The number of amides is 1. The second-order valence-electron chi connectivity index (χ2n) is 8.58. The molecule has 5 aromatic rings. The van der Waals surface area contributed by atoms with Crippen LogP contribution in [0.4, 0.5) is 17.2 Å². The Morgan fingerprint density at radius 1 is 1.14 bits per heavy atom. The molecule has 1 saturated heterocycles. The van der Waals surface area contributed by atoms with Crippen molar-refractivity contribution in [1.29, 1.82) is 0 Å². The molecule has 4 aromatic heterocycles. The molecular weight excluding hydrogens is 494 g/mol.